The van der Waals surface area contributed by atoms with Crippen molar-refractivity contribution in [1.29, 1.82) is 0 Å². The fourth-order valence-electron chi connectivity index (χ4n) is 2.96. The van der Waals surface area contributed by atoms with Crippen LogP contribution in [0.5, 0.6) is 0 Å². The summed E-state index contributed by atoms with van der Waals surface area (Å²) < 4.78 is 27.0. The predicted octanol–water partition coefficient (Wildman–Crippen LogP) is 2.66. The van der Waals surface area contributed by atoms with Gasteiger partial charge in [-0.2, -0.15) is 4.31 Å². The lowest BCUT2D eigenvalue weighted by molar-refractivity contribution is 0.249. The molecule has 2 aromatic carbocycles. The van der Waals surface area contributed by atoms with Crippen molar-refractivity contribution in [3.8, 4) is 0 Å². The largest absolute Gasteiger partial charge is 0.336 e. The molecule has 0 bridgehead atoms. The number of carbonyl (C=O) groups is 1. The van der Waals surface area contributed by atoms with Crippen molar-refractivity contribution in [2.45, 2.75) is 23.8 Å². The summed E-state index contributed by atoms with van der Waals surface area (Å²) in [5.41, 5.74) is 0.695. The first-order valence-electron chi connectivity index (χ1n) is 8.24. The summed E-state index contributed by atoms with van der Waals surface area (Å²) in [6, 6.07) is 17.0. The molecule has 2 aromatic rings. The summed E-state index contributed by atoms with van der Waals surface area (Å²) in [7, 11) is -3.53. The van der Waals surface area contributed by atoms with E-state index >= 15 is 0 Å². The molecule has 6 nitrogen and oxygen atoms in total. The third-order valence-corrected chi connectivity index (χ3v) is 6.17. The molecule has 3 rings (SSSR count). The molecule has 1 atom stereocenters. The lowest BCUT2D eigenvalue weighted by Crippen LogP contribution is -2.44. The molecule has 0 aromatic heterocycles. The van der Waals surface area contributed by atoms with Crippen LogP contribution in [0, 0.1) is 0 Å². The fraction of sp³-hybridized carbons (Fsp3) is 0.278. The molecule has 25 heavy (non-hydrogen) atoms. The van der Waals surface area contributed by atoms with E-state index in [0.29, 0.717) is 12.2 Å². The summed E-state index contributed by atoms with van der Waals surface area (Å²) in [5, 5.41) is 5.50. The maximum atomic E-state index is 12.8. The molecule has 2 N–H and O–H groups in total. The average Bonchev–Trinajstić information content (AvgIpc) is 3.11. The number of benzene rings is 2. The zero-order chi connectivity index (χ0) is 17.7. The van der Waals surface area contributed by atoms with Gasteiger partial charge in [0.05, 0.1) is 4.90 Å². The minimum Gasteiger partial charge on any atom is -0.336 e. The van der Waals surface area contributed by atoms with Crippen LogP contribution >= 0.6 is 0 Å². The van der Waals surface area contributed by atoms with Gasteiger partial charge in [-0.05, 0) is 37.1 Å². The van der Waals surface area contributed by atoms with Crippen LogP contribution < -0.4 is 10.6 Å². The molecule has 0 radical (unpaired) electrons. The molecule has 0 saturated carbocycles. The van der Waals surface area contributed by atoms with E-state index in [1.807, 2.05) is 18.2 Å². The Labute approximate surface area is 147 Å². The minimum absolute atomic E-state index is 0.230. The van der Waals surface area contributed by atoms with Gasteiger partial charge in [0.1, 0.15) is 0 Å². The number of amides is 2. The van der Waals surface area contributed by atoms with E-state index < -0.39 is 10.0 Å². The Bertz CT molecular complexity index is 810. The summed E-state index contributed by atoms with van der Waals surface area (Å²) in [6.45, 7) is 0.759. The first kappa shape index (κ1) is 17.4. The van der Waals surface area contributed by atoms with Gasteiger partial charge in [-0.3, -0.25) is 0 Å². The minimum atomic E-state index is -3.53. The van der Waals surface area contributed by atoms with Crippen LogP contribution in [0.4, 0.5) is 10.5 Å². The number of hydrogen-bond acceptors (Lipinski definition) is 3. The summed E-state index contributed by atoms with van der Waals surface area (Å²) in [4.78, 5) is 12.3. The van der Waals surface area contributed by atoms with Crippen LogP contribution in [-0.2, 0) is 10.0 Å². The number of para-hydroxylation sites is 1. The fourth-order valence-corrected chi connectivity index (χ4v) is 4.68. The van der Waals surface area contributed by atoms with Gasteiger partial charge in [0.2, 0.25) is 10.0 Å². The van der Waals surface area contributed by atoms with Gasteiger partial charge in [0, 0.05) is 24.8 Å². The van der Waals surface area contributed by atoms with Crippen molar-refractivity contribution in [3.05, 3.63) is 60.7 Å². The van der Waals surface area contributed by atoms with Crippen LogP contribution in [0.1, 0.15) is 12.8 Å². The van der Waals surface area contributed by atoms with Gasteiger partial charge >= 0.3 is 6.03 Å². The van der Waals surface area contributed by atoms with Crippen molar-refractivity contribution < 1.29 is 13.2 Å². The van der Waals surface area contributed by atoms with E-state index in [2.05, 4.69) is 10.6 Å². The van der Waals surface area contributed by atoms with Crippen molar-refractivity contribution in [3.63, 3.8) is 0 Å². The number of sulfonamides is 1. The highest BCUT2D eigenvalue weighted by molar-refractivity contribution is 7.89. The molecule has 0 aliphatic carbocycles. The first-order chi connectivity index (χ1) is 12.1. The molecule has 1 saturated heterocycles. The molecule has 132 valence electrons. The molecular weight excluding hydrogens is 338 g/mol. The number of carbonyl (C=O) groups excluding carboxylic acids is 1. The van der Waals surface area contributed by atoms with Crippen LogP contribution in [0.25, 0.3) is 0 Å². The number of rotatable bonds is 5. The normalized spacial score (nSPS) is 18.0. The second-order valence-electron chi connectivity index (χ2n) is 5.93. The van der Waals surface area contributed by atoms with Gasteiger partial charge in [0.25, 0.3) is 0 Å². The number of anilines is 1. The van der Waals surface area contributed by atoms with Crippen LogP contribution in [-0.4, -0.2) is 37.9 Å². The molecule has 7 heteroatoms. The highest BCUT2D eigenvalue weighted by Crippen LogP contribution is 2.25. The number of nitrogens with one attached hydrogen (secondary N) is 2. The van der Waals surface area contributed by atoms with E-state index in [9.17, 15) is 13.2 Å². The predicted molar refractivity (Wildman–Crippen MR) is 96.8 cm³/mol. The van der Waals surface area contributed by atoms with Gasteiger partial charge < -0.3 is 10.6 Å². The zero-order valence-corrected chi connectivity index (χ0v) is 14.6. The van der Waals surface area contributed by atoms with Gasteiger partial charge in [-0.1, -0.05) is 36.4 Å². The standard InChI is InChI=1S/C18H21N3O3S/c22-18(20-15-8-3-1-4-9-15)19-14-16-10-7-13-21(16)25(23,24)17-11-5-2-6-12-17/h1-6,8-9,11-12,16H,7,10,13-14H2,(H2,19,20,22)/t16-/m1/s1. The maximum absolute atomic E-state index is 12.8. The highest BCUT2D eigenvalue weighted by Gasteiger charge is 2.35. The zero-order valence-electron chi connectivity index (χ0n) is 13.8. The first-order valence-corrected chi connectivity index (χ1v) is 9.68. The smallest absolute Gasteiger partial charge is 0.319 e. The third-order valence-electron chi connectivity index (χ3n) is 4.20. The SMILES string of the molecule is O=C(NC[C@H]1CCCN1S(=O)(=O)c1ccccc1)Nc1ccccc1. The van der Waals surface area contributed by atoms with Crippen molar-refractivity contribution >= 4 is 21.7 Å². The molecule has 0 spiro atoms. The Morgan fingerprint density at radius 2 is 1.68 bits per heavy atom. The Morgan fingerprint density at radius 1 is 1.04 bits per heavy atom. The molecule has 1 heterocycles. The summed E-state index contributed by atoms with van der Waals surface area (Å²) in [6.07, 6.45) is 1.52. The number of urea groups is 1. The quantitative estimate of drug-likeness (QED) is 0.861. The van der Waals surface area contributed by atoms with Gasteiger partial charge in [-0.15, -0.1) is 0 Å². The lowest BCUT2D eigenvalue weighted by atomic mass is 10.2. The number of hydrogen-bond donors (Lipinski definition) is 2. The van der Waals surface area contributed by atoms with E-state index in [0.717, 1.165) is 12.8 Å². The Kier molecular flexibility index (Phi) is 5.35. The lowest BCUT2D eigenvalue weighted by Gasteiger charge is -2.24. The third kappa shape index (κ3) is 4.18. The maximum Gasteiger partial charge on any atom is 0.319 e. The summed E-state index contributed by atoms with van der Waals surface area (Å²) >= 11 is 0. The van der Waals surface area contributed by atoms with Crippen LogP contribution in [0.2, 0.25) is 0 Å². The van der Waals surface area contributed by atoms with E-state index in [-0.39, 0.29) is 23.5 Å². The molecule has 1 aliphatic rings. The molecule has 1 fully saturated rings. The average molecular weight is 359 g/mol. The van der Waals surface area contributed by atoms with Gasteiger partial charge in [0.15, 0.2) is 0 Å². The topological polar surface area (TPSA) is 78.5 Å². The van der Waals surface area contributed by atoms with Gasteiger partial charge in [-0.25, -0.2) is 13.2 Å². The second-order valence-corrected chi connectivity index (χ2v) is 7.82. The van der Waals surface area contributed by atoms with E-state index in [4.69, 9.17) is 0 Å². The van der Waals surface area contributed by atoms with E-state index in [1.54, 1.807) is 42.5 Å². The van der Waals surface area contributed by atoms with Crippen molar-refractivity contribution in [2.24, 2.45) is 0 Å². The van der Waals surface area contributed by atoms with Crippen LogP contribution in [0.3, 0.4) is 0 Å². The van der Waals surface area contributed by atoms with E-state index in [1.165, 1.54) is 4.31 Å². The molecule has 1 aliphatic heterocycles. The van der Waals surface area contributed by atoms with Crippen LogP contribution in [0.15, 0.2) is 65.6 Å². The Morgan fingerprint density at radius 3 is 2.36 bits per heavy atom. The highest BCUT2D eigenvalue weighted by atomic mass is 32.2. The molecule has 0 unspecified atom stereocenters. The Balaban J connectivity index is 1.61. The van der Waals surface area contributed by atoms with Crippen molar-refractivity contribution in [2.75, 3.05) is 18.4 Å². The number of nitrogens with zero attached hydrogens (tertiary/aromatic N) is 1. The second kappa shape index (κ2) is 7.67. The van der Waals surface area contributed by atoms with Crippen molar-refractivity contribution in [1.82, 2.24) is 9.62 Å². The monoisotopic (exact) mass is 359 g/mol. The molecule has 2 amide bonds. The summed E-state index contributed by atoms with van der Waals surface area (Å²) in [5.74, 6) is 0. The molecular formula is C18H21N3O3S. The Hall–Kier alpha value is -2.38.